The molecule has 0 saturated heterocycles. The van der Waals surface area contributed by atoms with Crippen molar-refractivity contribution in [2.75, 3.05) is 18.5 Å². The number of aromatic amines is 1. The van der Waals surface area contributed by atoms with Gasteiger partial charge in [-0.15, -0.1) is 0 Å². The van der Waals surface area contributed by atoms with Crippen LogP contribution >= 0.6 is 0 Å². The zero-order chi connectivity index (χ0) is 23.8. The number of aromatic nitrogens is 2. The Kier molecular flexibility index (Phi) is 5.49. The lowest BCUT2D eigenvalue weighted by atomic mass is 10.0. The molecule has 172 valence electrons. The maximum absolute atomic E-state index is 12.6. The Bertz CT molecular complexity index is 1510. The second kappa shape index (κ2) is 8.62. The molecule has 8 heteroatoms. The van der Waals surface area contributed by atoms with E-state index in [0.29, 0.717) is 35.4 Å². The highest BCUT2D eigenvalue weighted by atomic mass is 16.5. The summed E-state index contributed by atoms with van der Waals surface area (Å²) >= 11 is 0. The van der Waals surface area contributed by atoms with E-state index in [1.54, 1.807) is 19.9 Å². The molecule has 0 unspecified atom stereocenters. The van der Waals surface area contributed by atoms with Gasteiger partial charge in [0.05, 0.1) is 17.5 Å². The summed E-state index contributed by atoms with van der Waals surface area (Å²) in [5.74, 6) is 0.0192. The number of carbonyl (C=O) groups excluding carboxylic acids is 2. The van der Waals surface area contributed by atoms with Crippen molar-refractivity contribution in [3.05, 3.63) is 81.4 Å². The number of fused-ring (bicyclic) bond motifs is 4. The lowest BCUT2D eigenvalue weighted by molar-refractivity contribution is -0.143. The van der Waals surface area contributed by atoms with Gasteiger partial charge in [0.15, 0.2) is 0 Å². The van der Waals surface area contributed by atoms with Crippen LogP contribution in [-0.4, -0.2) is 39.9 Å². The number of nitrogens with zero attached hydrogens (tertiary/aromatic N) is 2. The molecule has 0 bridgehead atoms. The molecule has 1 amide bonds. The maximum atomic E-state index is 12.6. The lowest BCUT2D eigenvalue weighted by Crippen LogP contribution is -2.31. The van der Waals surface area contributed by atoms with E-state index >= 15 is 0 Å². The fourth-order valence-corrected chi connectivity index (χ4v) is 4.42. The van der Waals surface area contributed by atoms with Gasteiger partial charge < -0.3 is 19.9 Å². The van der Waals surface area contributed by atoms with Crippen molar-refractivity contribution in [3.63, 3.8) is 0 Å². The number of ether oxygens (including phenoxy) is 1. The Morgan fingerprint density at radius 3 is 2.79 bits per heavy atom. The first-order chi connectivity index (χ1) is 16.4. The number of amides is 1. The minimum atomic E-state index is -0.407. The Balaban J connectivity index is 1.36. The molecule has 0 radical (unpaired) electrons. The quantitative estimate of drug-likeness (QED) is 0.340. The summed E-state index contributed by atoms with van der Waals surface area (Å²) in [6.07, 6.45) is 0. The number of hydrogen-bond acceptors (Lipinski definition) is 6. The van der Waals surface area contributed by atoms with Crippen LogP contribution in [0.25, 0.3) is 21.7 Å². The van der Waals surface area contributed by atoms with Crippen molar-refractivity contribution < 1.29 is 14.3 Å². The molecule has 5 rings (SSSR count). The Hall–Kier alpha value is -4.20. The van der Waals surface area contributed by atoms with Gasteiger partial charge in [-0.05, 0) is 66.1 Å². The smallest absolute Gasteiger partial charge is 0.325 e. The fraction of sp³-hybridized carbons (Fsp3) is 0.231. The minimum Gasteiger partial charge on any atom is -0.465 e. The zero-order valence-electron chi connectivity index (χ0n) is 19.0. The van der Waals surface area contributed by atoms with Crippen LogP contribution < -0.4 is 10.9 Å². The van der Waals surface area contributed by atoms with Crippen molar-refractivity contribution >= 4 is 39.2 Å². The summed E-state index contributed by atoms with van der Waals surface area (Å²) < 4.78 is 4.96. The lowest BCUT2D eigenvalue weighted by Gasteiger charge is -2.13. The van der Waals surface area contributed by atoms with E-state index in [2.05, 4.69) is 15.3 Å². The van der Waals surface area contributed by atoms with Gasteiger partial charge in [0.2, 0.25) is 0 Å². The third-order valence-electron chi connectivity index (χ3n) is 5.98. The largest absolute Gasteiger partial charge is 0.465 e. The van der Waals surface area contributed by atoms with Crippen LogP contribution in [0.15, 0.2) is 53.3 Å². The van der Waals surface area contributed by atoms with E-state index < -0.39 is 5.97 Å². The molecular weight excluding hydrogens is 432 g/mol. The summed E-state index contributed by atoms with van der Waals surface area (Å²) in [4.78, 5) is 45.7. The molecule has 0 aliphatic carbocycles. The van der Waals surface area contributed by atoms with Crippen molar-refractivity contribution in [1.29, 1.82) is 0 Å². The predicted molar refractivity (Wildman–Crippen MR) is 130 cm³/mol. The van der Waals surface area contributed by atoms with Gasteiger partial charge in [-0.1, -0.05) is 18.2 Å². The number of rotatable bonds is 6. The molecule has 8 nitrogen and oxygen atoms in total. The van der Waals surface area contributed by atoms with E-state index in [9.17, 15) is 14.4 Å². The molecule has 0 spiro atoms. The van der Waals surface area contributed by atoms with E-state index in [4.69, 9.17) is 4.74 Å². The Labute approximate surface area is 195 Å². The topological polar surface area (TPSA) is 104 Å². The Morgan fingerprint density at radius 1 is 1.15 bits per heavy atom. The van der Waals surface area contributed by atoms with Crippen LogP contribution in [0.1, 0.15) is 34.2 Å². The maximum Gasteiger partial charge on any atom is 0.325 e. The first-order valence-electron chi connectivity index (χ1n) is 11.2. The third kappa shape index (κ3) is 3.98. The van der Waals surface area contributed by atoms with E-state index in [0.717, 1.165) is 27.6 Å². The number of carbonyl (C=O) groups is 2. The van der Waals surface area contributed by atoms with Crippen molar-refractivity contribution in [1.82, 2.24) is 14.9 Å². The zero-order valence-corrected chi connectivity index (χ0v) is 19.0. The van der Waals surface area contributed by atoms with Crippen LogP contribution in [0.5, 0.6) is 0 Å². The van der Waals surface area contributed by atoms with Crippen LogP contribution in [0, 0.1) is 6.92 Å². The van der Waals surface area contributed by atoms with E-state index in [1.807, 2.05) is 42.5 Å². The monoisotopic (exact) mass is 456 g/mol. The molecule has 2 N–H and O–H groups in total. The normalized spacial score (nSPS) is 12.9. The van der Waals surface area contributed by atoms with Gasteiger partial charge in [0.1, 0.15) is 12.4 Å². The molecule has 3 aromatic carbocycles. The molecule has 2 heterocycles. The predicted octanol–water partition coefficient (Wildman–Crippen LogP) is 3.52. The second-order valence-corrected chi connectivity index (χ2v) is 8.36. The molecule has 0 fully saturated rings. The summed E-state index contributed by atoms with van der Waals surface area (Å²) in [6, 6.07) is 15.5. The highest BCUT2D eigenvalue weighted by Gasteiger charge is 2.29. The summed E-state index contributed by atoms with van der Waals surface area (Å²) in [6.45, 7) is 4.66. The molecule has 34 heavy (non-hydrogen) atoms. The third-order valence-corrected chi connectivity index (χ3v) is 5.98. The number of nitrogens with one attached hydrogen (secondary N) is 2. The first kappa shape index (κ1) is 21.6. The SMILES string of the molecule is CCOC(=O)CN1Cc2cc(NCc3ccc4ccc5nc(C)[nH]c(=O)c5c4c3)ccc2C1=O. The van der Waals surface area contributed by atoms with Gasteiger partial charge in [0, 0.05) is 24.3 Å². The number of benzene rings is 3. The van der Waals surface area contributed by atoms with Crippen LogP contribution in [-0.2, 0) is 22.6 Å². The number of esters is 1. The first-order valence-corrected chi connectivity index (χ1v) is 11.2. The van der Waals surface area contributed by atoms with E-state index in [1.165, 1.54) is 4.90 Å². The van der Waals surface area contributed by atoms with Gasteiger partial charge in [-0.2, -0.15) is 0 Å². The molecule has 1 aliphatic heterocycles. The van der Waals surface area contributed by atoms with E-state index in [-0.39, 0.29) is 24.6 Å². The van der Waals surface area contributed by atoms with Gasteiger partial charge in [-0.3, -0.25) is 14.4 Å². The molecule has 1 aliphatic rings. The standard InChI is InChI=1S/C26H24N4O4/c1-3-34-23(31)14-30-13-18-11-19(7-8-20(18)26(30)33)27-12-16-4-5-17-6-9-22-24(21(17)10-16)25(32)29-15(2)28-22/h4-11,27H,3,12-14H2,1-2H3,(H,28,29,32). The highest BCUT2D eigenvalue weighted by Crippen LogP contribution is 2.27. The average molecular weight is 457 g/mol. The van der Waals surface area contributed by atoms with Crippen LogP contribution in [0.3, 0.4) is 0 Å². The Morgan fingerprint density at radius 2 is 1.97 bits per heavy atom. The van der Waals surface area contributed by atoms with Crippen molar-refractivity contribution in [2.45, 2.75) is 26.9 Å². The molecule has 0 atom stereocenters. The fourth-order valence-electron chi connectivity index (χ4n) is 4.42. The van der Waals surface area contributed by atoms with Crippen molar-refractivity contribution in [2.24, 2.45) is 0 Å². The highest BCUT2D eigenvalue weighted by molar-refractivity contribution is 6.06. The summed E-state index contributed by atoms with van der Waals surface area (Å²) in [5, 5.41) is 5.82. The van der Waals surface area contributed by atoms with Crippen LogP contribution in [0.2, 0.25) is 0 Å². The van der Waals surface area contributed by atoms with Gasteiger partial charge in [-0.25, -0.2) is 4.98 Å². The van der Waals surface area contributed by atoms with Crippen LogP contribution in [0.4, 0.5) is 5.69 Å². The summed E-state index contributed by atoms with van der Waals surface area (Å²) in [7, 11) is 0. The minimum absolute atomic E-state index is 0.0529. The number of H-pyrrole nitrogens is 1. The van der Waals surface area contributed by atoms with Gasteiger partial charge >= 0.3 is 5.97 Å². The molecule has 0 saturated carbocycles. The molecule has 1 aromatic heterocycles. The van der Waals surface area contributed by atoms with Gasteiger partial charge in [0.25, 0.3) is 11.5 Å². The second-order valence-electron chi connectivity index (χ2n) is 8.36. The molecule has 4 aromatic rings. The summed E-state index contributed by atoms with van der Waals surface area (Å²) in [5.41, 5.74) is 3.90. The molecular formula is C26H24N4O4. The number of hydrogen-bond donors (Lipinski definition) is 2. The number of anilines is 1. The number of aryl methyl sites for hydroxylation is 1. The van der Waals surface area contributed by atoms with Crippen molar-refractivity contribution in [3.8, 4) is 0 Å². The average Bonchev–Trinajstić information content (AvgIpc) is 3.11.